The number of hydrogen-bond donors (Lipinski definition) is 0. The first kappa shape index (κ1) is 16.7. The highest BCUT2D eigenvalue weighted by atomic mass is 16.5. The first-order valence-electron chi connectivity index (χ1n) is 9.45. The summed E-state index contributed by atoms with van der Waals surface area (Å²) in [6, 6.07) is 0. The van der Waals surface area contributed by atoms with Crippen LogP contribution in [0.15, 0.2) is 23.5 Å². The van der Waals surface area contributed by atoms with E-state index in [-0.39, 0.29) is 22.4 Å². The molecule has 0 spiro atoms. The van der Waals surface area contributed by atoms with E-state index in [1.165, 1.54) is 12.5 Å². The predicted octanol–water partition coefficient (Wildman–Crippen LogP) is 3.75. The van der Waals surface area contributed by atoms with Gasteiger partial charge in [0.25, 0.3) is 0 Å². The number of ether oxygens (including phenoxy) is 1. The summed E-state index contributed by atoms with van der Waals surface area (Å²) in [7, 11) is 0. The number of hydrogen-bond acceptors (Lipinski definition) is 4. The van der Waals surface area contributed by atoms with Gasteiger partial charge in [0, 0.05) is 24.2 Å². The highest BCUT2D eigenvalue weighted by Crippen LogP contribution is 2.63. The molecule has 25 heavy (non-hydrogen) atoms. The third-order valence-electron chi connectivity index (χ3n) is 7.59. The van der Waals surface area contributed by atoms with Crippen LogP contribution in [0.25, 0.3) is 0 Å². The maximum Gasteiger partial charge on any atom is 0.308 e. The molecule has 134 valence electrons. The molecule has 0 saturated heterocycles. The molecule has 0 aromatic rings. The Morgan fingerprint density at radius 2 is 1.88 bits per heavy atom. The SMILES string of the molecule is CC(=O)OC1=C[C@@]2(C)C(=CC1=O)CC[C@@H]1[C@@H]2CC[C@]2(C)C(=O)CC[C@@H]12. The molecule has 0 aromatic heterocycles. The van der Waals surface area contributed by atoms with Crippen molar-refractivity contribution in [3.8, 4) is 0 Å². The van der Waals surface area contributed by atoms with Gasteiger partial charge in [0.1, 0.15) is 5.78 Å². The molecular formula is C21H26O4. The van der Waals surface area contributed by atoms with Gasteiger partial charge in [-0.05, 0) is 62.0 Å². The van der Waals surface area contributed by atoms with Gasteiger partial charge in [-0.15, -0.1) is 0 Å². The van der Waals surface area contributed by atoms with Crippen molar-refractivity contribution < 1.29 is 19.1 Å². The number of fused-ring (bicyclic) bond motifs is 5. The molecule has 4 nitrogen and oxygen atoms in total. The van der Waals surface area contributed by atoms with Crippen molar-refractivity contribution in [3.05, 3.63) is 23.5 Å². The van der Waals surface area contributed by atoms with Gasteiger partial charge in [-0.1, -0.05) is 19.4 Å². The van der Waals surface area contributed by atoms with Crippen LogP contribution in [0.1, 0.15) is 59.3 Å². The Hall–Kier alpha value is -1.71. The standard InChI is InChI=1S/C21H26O4/c1-12(22)25-18-11-21(3)13(10-17(18)23)4-5-14-15-6-7-19(24)20(15,2)9-8-16(14)21/h10-11,14-16H,4-9H2,1-3H3/t14-,15-,16-,20-,21-/m0/s1. The monoisotopic (exact) mass is 342 g/mol. The summed E-state index contributed by atoms with van der Waals surface area (Å²) in [5.74, 6) is 1.35. The largest absolute Gasteiger partial charge is 0.423 e. The van der Waals surface area contributed by atoms with E-state index in [1.54, 1.807) is 6.08 Å². The van der Waals surface area contributed by atoms with E-state index < -0.39 is 5.97 Å². The van der Waals surface area contributed by atoms with E-state index in [4.69, 9.17) is 4.74 Å². The third-order valence-corrected chi connectivity index (χ3v) is 7.59. The van der Waals surface area contributed by atoms with Crippen LogP contribution in [-0.2, 0) is 19.1 Å². The van der Waals surface area contributed by atoms with Crippen LogP contribution in [0, 0.1) is 28.6 Å². The normalized spacial score (nSPS) is 42.8. The lowest BCUT2D eigenvalue weighted by atomic mass is 9.48. The van der Waals surface area contributed by atoms with E-state index in [0.717, 1.165) is 38.5 Å². The van der Waals surface area contributed by atoms with Crippen molar-refractivity contribution in [1.82, 2.24) is 0 Å². The number of carbonyl (C=O) groups is 3. The minimum absolute atomic E-state index is 0.147. The number of esters is 1. The van der Waals surface area contributed by atoms with Crippen molar-refractivity contribution in [3.63, 3.8) is 0 Å². The number of carbonyl (C=O) groups excluding carboxylic acids is 3. The van der Waals surface area contributed by atoms with Crippen molar-refractivity contribution in [2.24, 2.45) is 28.6 Å². The zero-order valence-corrected chi connectivity index (χ0v) is 15.3. The second kappa shape index (κ2) is 5.39. The maximum atomic E-state index is 12.5. The molecule has 0 unspecified atom stereocenters. The summed E-state index contributed by atoms with van der Waals surface area (Å²) < 4.78 is 5.19. The van der Waals surface area contributed by atoms with E-state index in [9.17, 15) is 14.4 Å². The zero-order chi connectivity index (χ0) is 18.0. The molecule has 3 fully saturated rings. The highest BCUT2D eigenvalue weighted by molar-refractivity contribution is 6.05. The van der Waals surface area contributed by atoms with E-state index >= 15 is 0 Å². The molecule has 4 heteroatoms. The van der Waals surface area contributed by atoms with Crippen LogP contribution in [-0.4, -0.2) is 17.5 Å². The van der Waals surface area contributed by atoms with Gasteiger partial charge in [-0.25, -0.2) is 0 Å². The summed E-state index contributed by atoms with van der Waals surface area (Å²) in [4.78, 5) is 36.1. The first-order valence-corrected chi connectivity index (χ1v) is 9.45. The predicted molar refractivity (Wildman–Crippen MR) is 92.3 cm³/mol. The number of allylic oxidation sites excluding steroid dienone is 3. The summed E-state index contributed by atoms with van der Waals surface area (Å²) in [5.41, 5.74) is 0.780. The van der Waals surface area contributed by atoms with Crippen LogP contribution in [0.3, 0.4) is 0 Å². The quantitative estimate of drug-likeness (QED) is 0.681. The molecule has 0 bridgehead atoms. The molecule has 0 radical (unpaired) electrons. The lowest BCUT2D eigenvalue weighted by Gasteiger charge is -2.55. The second-order valence-corrected chi connectivity index (χ2v) is 8.75. The van der Waals surface area contributed by atoms with Crippen LogP contribution in [0.2, 0.25) is 0 Å². The molecule has 0 aliphatic heterocycles. The number of ketones is 2. The van der Waals surface area contributed by atoms with E-state index in [2.05, 4.69) is 13.8 Å². The summed E-state index contributed by atoms with van der Waals surface area (Å²) in [6.45, 7) is 5.68. The van der Waals surface area contributed by atoms with Crippen molar-refractivity contribution >= 4 is 17.5 Å². The fourth-order valence-corrected chi connectivity index (χ4v) is 6.27. The molecular weight excluding hydrogens is 316 g/mol. The molecule has 0 N–H and O–H groups in total. The Morgan fingerprint density at radius 1 is 1.12 bits per heavy atom. The van der Waals surface area contributed by atoms with Gasteiger partial charge in [0.15, 0.2) is 5.76 Å². The van der Waals surface area contributed by atoms with Gasteiger partial charge >= 0.3 is 5.97 Å². The number of rotatable bonds is 1. The number of Topliss-reactive ketones (excluding diaryl/α,β-unsaturated/α-hetero) is 1. The van der Waals surface area contributed by atoms with Crippen molar-refractivity contribution in [2.45, 2.75) is 59.3 Å². The Bertz CT molecular complexity index is 730. The van der Waals surface area contributed by atoms with Crippen molar-refractivity contribution in [2.75, 3.05) is 0 Å². The van der Waals surface area contributed by atoms with Gasteiger partial charge in [0.2, 0.25) is 5.78 Å². The maximum absolute atomic E-state index is 12.5. The van der Waals surface area contributed by atoms with Gasteiger partial charge in [0.05, 0.1) is 0 Å². The topological polar surface area (TPSA) is 60.4 Å². The van der Waals surface area contributed by atoms with Crippen LogP contribution >= 0.6 is 0 Å². The Kier molecular flexibility index (Phi) is 3.61. The average Bonchev–Trinajstić information content (AvgIpc) is 2.84. The fourth-order valence-electron chi connectivity index (χ4n) is 6.27. The molecule has 5 atom stereocenters. The van der Waals surface area contributed by atoms with Gasteiger partial charge in [-0.3, -0.25) is 14.4 Å². The molecule has 0 aromatic carbocycles. The first-order chi connectivity index (χ1) is 11.8. The Labute approximate surface area is 148 Å². The summed E-state index contributed by atoms with van der Waals surface area (Å²) in [5, 5.41) is 0. The Balaban J connectivity index is 1.71. The second-order valence-electron chi connectivity index (χ2n) is 8.75. The van der Waals surface area contributed by atoms with Crippen LogP contribution in [0.5, 0.6) is 0 Å². The lowest BCUT2D eigenvalue weighted by Crippen LogP contribution is -2.50. The van der Waals surface area contributed by atoms with Crippen LogP contribution in [0.4, 0.5) is 0 Å². The third kappa shape index (κ3) is 2.29. The molecule has 3 saturated carbocycles. The molecule has 0 amide bonds. The van der Waals surface area contributed by atoms with E-state index in [1.807, 2.05) is 6.08 Å². The van der Waals surface area contributed by atoms with Gasteiger partial charge < -0.3 is 4.74 Å². The van der Waals surface area contributed by atoms with Crippen LogP contribution < -0.4 is 0 Å². The van der Waals surface area contributed by atoms with Gasteiger partial charge in [-0.2, -0.15) is 0 Å². The zero-order valence-electron chi connectivity index (χ0n) is 15.3. The highest BCUT2D eigenvalue weighted by Gasteiger charge is 2.58. The summed E-state index contributed by atoms with van der Waals surface area (Å²) in [6.07, 6.45) is 9.21. The minimum atomic E-state index is -0.454. The van der Waals surface area contributed by atoms with E-state index in [0.29, 0.717) is 23.5 Å². The molecule has 4 aliphatic rings. The molecule has 4 aliphatic carbocycles. The minimum Gasteiger partial charge on any atom is -0.423 e. The van der Waals surface area contributed by atoms with Crippen molar-refractivity contribution in [1.29, 1.82) is 0 Å². The average molecular weight is 342 g/mol. The fraction of sp³-hybridized carbons (Fsp3) is 0.667. The Morgan fingerprint density at radius 3 is 2.60 bits per heavy atom. The smallest absolute Gasteiger partial charge is 0.308 e. The molecule has 4 rings (SSSR count). The lowest BCUT2D eigenvalue weighted by molar-refractivity contribution is -0.140. The molecule has 0 heterocycles. The summed E-state index contributed by atoms with van der Waals surface area (Å²) >= 11 is 0.